The van der Waals surface area contributed by atoms with Gasteiger partial charge in [-0.25, -0.2) is 0 Å². The molecule has 2 aliphatic heterocycles. The number of carbonyl (C=O) groups excluding carboxylic acids is 2. The number of piperidine rings is 1. The summed E-state index contributed by atoms with van der Waals surface area (Å²) in [4.78, 5) is 29.0. The summed E-state index contributed by atoms with van der Waals surface area (Å²) in [6, 6.07) is 0. The lowest BCUT2D eigenvalue weighted by molar-refractivity contribution is -0.142. The Morgan fingerprint density at radius 3 is 2.19 bits per heavy atom. The molecule has 1 N–H and O–H groups in total. The van der Waals surface area contributed by atoms with Crippen LogP contribution in [0.5, 0.6) is 0 Å². The van der Waals surface area contributed by atoms with E-state index in [9.17, 15) is 9.59 Å². The number of morpholine rings is 1. The number of nitrogens with one attached hydrogen (secondary N) is 1. The molecule has 0 spiro atoms. The summed E-state index contributed by atoms with van der Waals surface area (Å²) in [6.07, 6.45) is 3.08. The summed E-state index contributed by atoms with van der Waals surface area (Å²) < 4.78 is 5.75. The van der Waals surface area contributed by atoms with E-state index in [0.29, 0.717) is 13.1 Å². The summed E-state index contributed by atoms with van der Waals surface area (Å²) in [5.41, 5.74) is -0.344. The zero-order chi connectivity index (χ0) is 19.3. The van der Waals surface area contributed by atoms with E-state index >= 15 is 0 Å². The Kier molecular flexibility index (Phi) is 7.47. The SMILES string of the molecule is CC1CN(CCCNC(=O)C2CCN(C(=O)C(C)(C)C)CC2)CC(C)O1. The van der Waals surface area contributed by atoms with Gasteiger partial charge in [-0.05, 0) is 33.1 Å². The van der Waals surface area contributed by atoms with E-state index in [1.54, 1.807) is 0 Å². The second-order valence-corrected chi connectivity index (χ2v) is 8.98. The summed E-state index contributed by atoms with van der Waals surface area (Å²) in [5.74, 6) is 0.379. The van der Waals surface area contributed by atoms with Gasteiger partial charge in [-0.15, -0.1) is 0 Å². The molecular weight excluding hydrogens is 330 g/mol. The molecule has 0 bridgehead atoms. The molecule has 2 rings (SSSR count). The Bertz CT molecular complexity index is 471. The van der Waals surface area contributed by atoms with Gasteiger partial charge in [-0.1, -0.05) is 20.8 Å². The van der Waals surface area contributed by atoms with Crippen molar-refractivity contribution in [2.45, 2.75) is 66.1 Å². The molecule has 0 saturated carbocycles. The van der Waals surface area contributed by atoms with E-state index in [1.165, 1.54) is 0 Å². The first kappa shape index (κ1) is 21.2. The largest absolute Gasteiger partial charge is 0.373 e. The van der Waals surface area contributed by atoms with Gasteiger partial charge in [0, 0.05) is 50.6 Å². The van der Waals surface area contributed by atoms with Crippen LogP contribution in [-0.2, 0) is 14.3 Å². The highest BCUT2D eigenvalue weighted by molar-refractivity contribution is 5.82. The summed E-state index contributed by atoms with van der Waals surface area (Å²) >= 11 is 0. The van der Waals surface area contributed by atoms with Crippen molar-refractivity contribution in [1.82, 2.24) is 15.1 Å². The molecular formula is C20H37N3O3. The molecule has 6 nitrogen and oxygen atoms in total. The van der Waals surface area contributed by atoms with Crippen molar-refractivity contribution >= 4 is 11.8 Å². The Morgan fingerprint density at radius 2 is 1.65 bits per heavy atom. The fourth-order valence-corrected chi connectivity index (χ4v) is 3.94. The maximum absolute atomic E-state index is 12.4. The quantitative estimate of drug-likeness (QED) is 0.754. The van der Waals surface area contributed by atoms with Crippen molar-refractivity contribution in [3.63, 3.8) is 0 Å². The summed E-state index contributed by atoms with van der Waals surface area (Å²) in [7, 11) is 0. The predicted octanol–water partition coefficient (Wildman–Crippen LogP) is 1.89. The average Bonchev–Trinajstić information content (AvgIpc) is 2.56. The monoisotopic (exact) mass is 367 g/mol. The maximum atomic E-state index is 12.4. The van der Waals surface area contributed by atoms with Crippen LogP contribution < -0.4 is 5.32 Å². The predicted molar refractivity (Wildman–Crippen MR) is 103 cm³/mol. The molecule has 150 valence electrons. The van der Waals surface area contributed by atoms with Gasteiger partial charge >= 0.3 is 0 Å². The zero-order valence-corrected chi connectivity index (χ0v) is 17.2. The van der Waals surface area contributed by atoms with Crippen molar-refractivity contribution in [2.24, 2.45) is 11.3 Å². The lowest BCUT2D eigenvalue weighted by Gasteiger charge is -2.35. The van der Waals surface area contributed by atoms with E-state index in [4.69, 9.17) is 4.74 Å². The molecule has 6 heteroatoms. The number of hydrogen-bond donors (Lipinski definition) is 1. The minimum absolute atomic E-state index is 0.0439. The van der Waals surface area contributed by atoms with Gasteiger partial charge < -0.3 is 15.0 Å². The third-order valence-corrected chi connectivity index (χ3v) is 5.24. The Morgan fingerprint density at radius 1 is 1.08 bits per heavy atom. The number of rotatable bonds is 5. The number of amides is 2. The molecule has 2 saturated heterocycles. The van der Waals surface area contributed by atoms with Gasteiger partial charge in [0.05, 0.1) is 12.2 Å². The molecule has 0 radical (unpaired) electrons. The maximum Gasteiger partial charge on any atom is 0.227 e. The molecule has 2 atom stereocenters. The highest BCUT2D eigenvalue weighted by Crippen LogP contribution is 2.23. The fourth-order valence-electron chi connectivity index (χ4n) is 3.94. The second-order valence-electron chi connectivity index (χ2n) is 8.98. The highest BCUT2D eigenvalue weighted by Gasteiger charge is 2.32. The van der Waals surface area contributed by atoms with Crippen molar-refractivity contribution in [2.75, 3.05) is 39.3 Å². The van der Waals surface area contributed by atoms with Crippen molar-refractivity contribution in [3.05, 3.63) is 0 Å². The van der Waals surface area contributed by atoms with E-state index < -0.39 is 0 Å². The highest BCUT2D eigenvalue weighted by atomic mass is 16.5. The standard InChI is InChI=1S/C20H37N3O3/c1-15-13-22(14-16(2)26-15)10-6-9-21-18(24)17-7-11-23(12-8-17)19(25)20(3,4)5/h15-17H,6-14H2,1-5H3,(H,21,24). The first-order chi connectivity index (χ1) is 12.2. The van der Waals surface area contributed by atoms with Crippen LogP contribution in [-0.4, -0.2) is 73.1 Å². The first-order valence-corrected chi connectivity index (χ1v) is 10.1. The topological polar surface area (TPSA) is 61.9 Å². The number of hydrogen-bond acceptors (Lipinski definition) is 4. The van der Waals surface area contributed by atoms with Gasteiger partial charge in [0.25, 0.3) is 0 Å². The van der Waals surface area contributed by atoms with E-state index in [0.717, 1.165) is 45.4 Å². The Labute approximate surface area is 158 Å². The van der Waals surface area contributed by atoms with Gasteiger partial charge in [-0.3, -0.25) is 14.5 Å². The number of carbonyl (C=O) groups is 2. The first-order valence-electron chi connectivity index (χ1n) is 10.1. The van der Waals surface area contributed by atoms with Crippen LogP contribution in [0.2, 0.25) is 0 Å². The van der Waals surface area contributed by atoms with Gasteiger partial charge in [0.2, 0.25) is 11.8 Å². The minimum atomic E-state index is -0.344. The fraction of sp³-hybridized carbons (Fsp3) is 0.900. The molecule has 2 amide bonds. The van der Waals surface area contributed by atoms with Crippen molar-refractivity contribution in [1.29, 1.82) is 0 Å². The van der Waals surface area contributed by atoms with Crippen LogP contribution in [0.1, 0.15) is 53.9 Å². The lowest BCUT2D eigenvalue weighted by atomic mass is 9.90. The zero-order valence-electron chi connectivity index (χ0n) is 17.2. The molecule has 2 unspecified atom stereocenters. The molecule has 0 aliphatic carbocycles. The van der Waals surface area contributed by atoms with Gasteiger partial charge in [-0.2, -0.15) is 0 Å². The van der Waals surface area contributed by atoms with E-state index in [1.807, 2.05) is 25.7 Å². The van der Waals surface area contributed by atoms with Crippen molar-refractivity contribution < 1.29 is 14.3 Å². The third-order valence-electron chi connectivity index (χ3n) is 5.24. The molecule has 0 aromatic carbocycles. The molecule has 2 heterocycles. The molecule has 26 heavy (non-hydrogen) atoms. The lowest BCUT2D eigenvalue weighted by Crippen LogP contribution is -2.47. The number of nitrogens with zero attached hydrogens (tertiary/aromatic N) is 2. The Hall–Kier alpha value is -1.14. The normalized spacial score (nSPS) is 26.0. The Balaban J connectivity index is 1.63. The minimum Gasteiger partial charge on any atom is -0.373 e. The van der Waals surface area contributed by atoms with Crippen LogP contribution in [0.4, 0.5) is 0 Å². The van der Waals surface area contributed by atoms with E-state index in [-0.39, 0.29) is 35.4 Å². The van der Waals surface area contributed by atoms with Crippen LogP contribution in [0, 0.1) is 11.3 Å². The van der Waals surface area contributed by atoms with Gasteiger partial charge in [0.1, 0.15) is 0 Å². The van der Waals surface area contributed by atoms with E-state index in [2.05, 4.69) is 24.1 Å². The summed E-state index contributed by atoms with van der Waals surface area (Å²) in [6.45, 7) is 15.1. The number of likely N-dealkylation sites (tertiary alicyclic amines) is 1. The van der Waals surface area contributed by atoms with Crippen LogP contribution >= 0.6 is 0 Å². The number of ether oxygens (including phenoxy) is 1. The average molecular weight is 368 g/mol. The van der Waals surface area contributed by atoms with Crippen LogP contribution in [0.15, 0.2) is 0 Å². The smallest absolute Gasteiger partial charge is 0.227 e. The van der Waals surface area contributed by atoms with Crippen molar-refractivity contribution in [3.8, 4) is 0 Å². The second kappa shape index (κ2) is 9.18. The molecule has 0 aromatic heterocycles. The summed E-state index contributed by atoms with van der Waals surface area (Å²) in [5, 5.41) is 3.09. The third kappa shape index (κ3) is 6.23. The van der Waals surface area contributed by atoms with Crippen LogP contribution in [0.3, 0.4) is 0 Å². The van der Waals surface area contributed by atoms with Gasteiger partial charge in [0.15, 0.2) is 0 Å². The molecule has 2 aliphatic rings. The molecule has 0 aromatic rings. The van der Waals surface area contributed by atoms with Crippen LogP contribution in [0.25, 0.3) is 0 Å². The molecule has 2 fully saturated rings.